The Labute approximate surface area is 106 Å². The fraction of sp³-hybridized carbons (Fsp3) is 0.385. The molecular formula is C13H17NO4. The molecule has 0 aliphatic carbocycles. The molecule has 0 aliphatic rings. The first-order valence-electron chi connectivity index (χ1n) is 5.78. The summed E-state index contributed by atoms with van der Waals surface area (Å²) in [6.45, 7) is 1.50. The van der Waals surface area contributed by atoms with Gasteiger partial charge in [-0.05, 0) is 6.92 Å². The lowest BCUT2D eigenvalue weighted by atomic mass is 10.1. The Morgan fingerprint density at radius 3 is 2.56 bits per heavy atom. The molecule has 98 valence electrons. The Kier molecular flexibility index (Phi) is 6.04. The second kappa shape index (κ2) is 7.58. The minimum atomic E-state index is -0.863. The summed E-state index contributed by atoms with van der Waals surface area (Å²) < 4.78 is 4.76. The number of ether oxygens (including phenoxy) is 1. The molecule has 1 aromatic carbocycles. The second-order valence-electron chi connectivity index (χ2n) is 3.66. The summed E-state index contributed by atoms with van der Waals surface area (Å²) in [6, 6.07) is 7.88. The van der Waals surface area contributed by atoms with Gasteiger partial charge in [-0.15, -0.1) is 0 Å². The summed E-state index contributed by atoms with van der Waals surface area (Å²) in [5, 5.41) is 11.7. The van der Waals surface area contributed by atoms with Gasteiger partial charge in [-0.2, -0.15) is 0 Å². The molecule has 0 aliphatic heterocycles. The summed E-state index contributed by atoms with van der Waals surface area (Å²) >= 11 is 0. The Morgan fingerprint density at radius 1 is 1.33 bits per heavy atom. The number of esters is 1. The number of aliphatic hydroxyl groups is 1. The topological polar surface area (TPSA) is 75.6 Å². The quantitative estimate of drug-likeness (QED) is 0.541. The van der Waals surface area contributed by atoms with Crippen LogP contribution in [0.4, 0.5) is 0 Å². The number of carbonyl (C=O) groups is 2. The molecule has 0 spiro atoms. The highest BCUT2D eigenvalue weighted by atomic mass is 16.5. The van der Waals surface area contributed by atoms with E-state index in [1.165, 1.54) is 0 Å². The van der Waals surface area contributed by atoms with Crippen LogP contribution in [-0.4, -0.2) is 42.7 Å². The van der Waals surface area contributed by atoms with Crippen molar-refractivity contribution in [2.24, 2.45) is 0 Å². The number of benzene rings is 1. The van der Waals surface area contributed by atoms with Gasteiger partial charge in [0, 0.05) is 5.56 Å². The van der Waals surface area contributed by atoms with Gasteiger partial charge in [0.1, 0.15) is 6.04 Å². The third-order valence-electron chi connectivity index (χ3n) is 2.36. The molecule has 5 heteroatoms. The van der Waals surface area contributed by atoms with Crippen molar-refractivity contribution in [2.45, 2.75) is 13.0 Å². The Hall–Kier alpha value is -1.72. The molecule has 0 aromatic heterocycles. The average molecular weight is 251 g/mol. The van der Waals surface area contributed by atoms with Crippen molar-refractivity contribution in [3.05, 3.63) is 35.9 Å². The molecule has 2 N–H and O–H groups in total. The fourth-order valence-corrected chi connectivity index (χ4v) is 1.41. The summed E-state index contributed by atoms with van der Waals surface area (Å²) in [4.78, 5) is 23.1. The van der Waals surface area contributed by atoms with Crippen molar-refractivity contribution in [1.82, 2.24) is 5.32 Å². The molecule has 1 unspecified atom stereocenters. The standard InChI is InChI=1S/C13H17NO4/c1-2-18-13(17)11(9-15)14-8-12(16)10-6-4-3-5-7-10/h3-7,11,14-15H,2,8-9H2,1H3. The van der Waals surface area contributed by atoms with Gasteiger partial charge >= 0.3 is 5.97 Å². The highest BCUT2D eigenvalue weighted by Gasteiger charge is 2.19. The van der Waals surface area contributed by atoms with E-state index in [2.05, 4.69) is 5.32 Å². The smallest absolute Gasteiger partial charge is 0.325 e. The largest absolute Gasteiger partial charge is 0.465 e. The number of Topliss-reactive ketones (excluding diaryl/α,β-unsaturated/α-hetero) is 1. The van der Waals surface area contributed by atoms with Crippen LogP contribution in [0.3, 0.4) is 0 Å². The van der Waals surface area contributed by atoms with Crippen molar-refractivity contribution >= 4 is 11.8 Å². The minimum absolute atomic E-state index is 0.0198. The number of hydrogen-bond acceptors (Lipinski definition) is 5. The molecule has 18 heavy (non-hydrogen) atoms. The van der Waals surface area contributed by atoms with Gasteiger partial charge in [0.25, 0.3) is 0 Å². The fourth-order valence-electron chi connectivity index (χ4n) is 1.41. The summed E-state index contributed by atoms with van der Waals surface area (Å²) in [7, 11) is 0. The lowest BCUT2D eigenvalue weighted by molar-refractivity contribution is -0.146. The van der Waals surface area contributed by atoms with Crippen LogP contribution < -0.4 is 5.32 Å². The molecule has 0 bridgehead atoms. The lowest BCUT2D eigenvalue weighted by Gasteiger charge is -2.14. The van der Waals surface area contributed by atoms with Gasteiger partial charge in [0.05, 0.1) is 19.8 Å². The van der Waals surface area contributed by atoms with E-state index in [1.807, 2.05) is 6.07 Å². The van der Waals surface area contributed by atoms with Crippen molar-refractivity contribution in [1.29, 1.82) is 0 Å². The number of nitrogens with one attached hydrogen (secondary N) is 1. The van der Waals surface area contributed by atoms with Crippen molar-refractivity contribution in [3.8, 4) is 0 Å². The zero-order chi connectivity index (χ0) is 13.4. The normalized spacial score (nSPS) is 11.9. The van der Waals surface area contributed by atoms with E-state index in [-0.39, 0.29) is 18.9 Å². The third-order valence-corrected chi connectivity index (χ3v) is 2.36. The van der Waals surface area contributed by atoms with Crippen LogP contribution in [0.5, 0.6) is 0 Å². The zero-order valence-corrected chi connectivity index (χ0v) is 10.3. The number of hydrogen-bond donors (Lipinski definition) is 2. The first-order valence-corrected chi connectivity index (χ1v) is 5.78. The molecule has 1 atom stereocenters. The van der Waals surface area contributed by atoms with E-state index in [1.54, 1.807) is 31.2 Å². The molecule has 5 nitrogen and oxygen atoms in total. The Bertz CT molecular complexity index is 391. The molecule has 0 fully saturated rings. The van der Waals surface area contributed by atoms with Crippen LogP contribution >= 0.6 is 0 Å². The number of carbonyl (C=O) groups excluding carboxylic acids is 2. The van der Waals surface area contributed by atoms with Crippen LogP contribution in [0.25, 0.3) is 0 Å². The van der Waals surface area contributed by atoms with E-state index < -0.39 is 18.6 Å². The van der Waals surface area contributed by atoms with Crippen LogP contribution in [0.2, 0.25) is 0 Å². The van der Waals surface area contributed by atoms with Crippen LogP contribution in [0.15, 0.2) is 30.3 Å². The number of rotatable bonds is 7. The molecule has 0 amide bonds. The van der Waals surface area contributed by atoms with Gasteiger partial charge < -0.3 is 9.84 Å². The average Bonchev–Trinajstić information content (AvgIpc) is 2.40. The molecule has 0 radical (unpaired) electrons. The predicted molar refractivity (Wildman–Crippen MR) is 66.3 cm³/mol. The van der Waals surface area contributed by atoms with Crippen molar-refractivity contribution < 1.29 is 19.4 Å². The maximum absolute atomic E-state index is 11.7. The zero-order valence-electron chi connectivity index (χ0n) is 10.3. The molecule has 0 heterocycles. The molecule has 1 aromatic rings. The Morgan fingerprint density at radius 2 is 2.00 bits per heavy atom. The maximum Gasteiger partial charge on any atom is 0.325 e. The van der Waals surface area contributed by atoms with Crippen molar-refractivity contribution in [2.75, 3.05) is 19.8 Å². The second-order valence-corrected chi connectivity index (χ2v) is 3.66. The van der Waals surface area contributed by atoms with E-state index in [9.17, 15) is 9.59 Å². The van der Waals surface area contributed by atoms with Gasteiger partial charge in [0.2, 0.25) is 0 Å². The number of aliphatic hydroxyl groups excluding tert-OH is 1. The SMILES string of the molecule is CCOC(=O)C(CO)NCC(=O)c1ccccc1. The lowest BCUT2D eigenvalue weighted by Crippen LogP contribution is -2.43. The van der Waals surface area contributed by atoms with E-state index in [0.29, 0.717) is 5.56 Å². The van der Waals surface area contributed by atoms with Crippen LogP contribution in [-0.2, 0) is 9.53 Å². The first kappa shape index (κ1) is 14.3. The summed E-state index contributed by atoms with van der Waals surface area (Å²) in [5.41, 5.74) is 0.561. The van der Waals surface area contributed by atoms with Crippen molar-refractivity contribution in [3.63, 3.8) is 0 Å². The Balaban J connectivity index is 2.48. The monoisotopic (exact) mass is 251 g/mol. The first-order chi connectivity index (χ1) is 8.69. The van der Waals surface area contributed by atoms with E-state index >= 15 is 0 Å². The van der Waals surface area contributed by atoms with Crippen LogP contribution in [0.1, 0.15) is 17.3 Å². The highest BCUT2D eigenvalue weighted by Crippen LogP contribution is 1.99. The van der Waals surface area contributed by atoms with Gasteiger partial charge in [0.15, 0.2) is 5.78 Å². The summed E-state index contributed by atoms with van der Waals surface area (Å²) in [6.07, 6.45) is 0. The van der Waals surface area contributed by atoms with Gasteiger partial charge in [-0.3, -0.25) is 14.9 Å². The summed E-state index contributed by atoms with van der Waals surface area (Å²) in [5.74, 6) is -0.695. The predicted octanol–water partition coefficient (Wildman–Crippen LogP) is 0.383. The minimum Gasteiger partial charge on any atom is -0.465 e. The molecule has 1 rings (SSSR count). The molecular weight excluding hydrogens is 234 g/mol. The van der Waals surface area contributed by atoms with Gasteiger partial charge in [-0.25, -0.2) is 0 Å². The van der Waals surface area contributed by atoms with E-state index in [4.69, 9.17) is 9.84 Å². The highest BCUT2D eigenvalue weighted by molar-refractivity contribution is 5.97. The maximum atomic E-state index is 11.7. The van der Waals surface area contributed by atoms with Crippen LogP contribution in [0, 0.1) is 0 Å². The van der Waals surface area contributed by atoms with E-state index in [0.717, 1.165) is 0 Å². The van der Waals surface area contributed by atoms with Gasteiger partial charge in [-0.1, -0.05) is 30.3 Å². The third kappa shape index (κ3) is 4.27. The number of ketones is 1. The molecule has 0 saturated carbocycles. The molecule has 0 saturated heterocycles.